The van der Waals surface area contributed by atoms with Crippen LogP contribution in [0.5, 0.6) is 5.75 Å². The van der Waals surface area contributed by atoms with Gasteiger partial charge < -0.3 is 15.1 Å². The van der Waals surface area contributed by atoms with Crippen molar-refractivity contribution in [2.45, 2.75) is 31.7 Å². The smallest absolute Gasteiger partial charge is 0.326 e. The Morgan fingerprint density at radius 2 is 2.00 bits per heavy atom. The Morgan fingerprint density at radius 1 is 1.26 bits per heavy atom. The summed E-state index contributed by atoms with van der Waals surface area (Å²) in [7, 11) is 0. The minimum atomic E-state index is -0.953. The molecule has 0 bridgehead atoms. The highest BCUT2D eigenvalue weighted by molar-refractivity contribution is 5.85. The molecule has 5 heteroatoms. The maximum atomic E-state index is 12.2. The standard InChI is InChI=1S/C14H17NO4/c16-12-7-2-1-5-10(12)9-13(17)15-8-4-3-6-11(15)14(18)19/h1-2,5,7,11,16H,3-4,6,8-9H2,(H,18,19)/t11-/m0/s1. The predicted molar refractivity (Wildman–Crippen MR) is 68.8 cm³/mol. The Labute approximate surface area is 111 Å². The average Bonchev–Trinajstić information content (AvgIpc) is 2.41. The highest BCUT2D eigenvalue weighted by atomic mass is 16.4. The summed E-state index contributed by atoms with van der Waals surface area (Å²) in [6, 6.07) is 5.89. The van der Waals surface area contributed by atoms with Crippen LogP contribution in [0.2, 0.25) is 0 Å². The first kappa shape index (κ1) is 13.4. The van der Waals surface area contributed by atoms with Gasteiger partial charge in [0.2, 0.25) is 5.91 Å². The highest BCUT2D eigenvalue weighted by Crippen LogP contribution is 2.21. The molecular formula is C14H17NO4. The van der Waals surface area contributed by atoms with Crippen molar-refractivity contribution < 1.29 is 19.8 Å². The molecule has 1 aliphatic rings. The number of nitrogens with zero attached hydrogens (tertiary/aromatic N) is 1. The van der Waals surface area contributed by atoms with Crippen LogP contribution in [-0.2, 0) is 16.0 Å². The van der Waals surface area contributed by atoms with Crippen molar-refractivity contribution in [1.82, 2.24) is 4.90 Å². The number of aromatic hydroxyl groups is 1. The zero-order valence-corrected chi connectivity index (χ0v) is 10.6. The molecule has 2 rings (SSSR count). The molecule has 1 aliphatic heterocycles. The van der Waals surface area contributed by atoms with Crippen molar-refractivity contribution in [2.75, 3.05) is 6.54 Å². The molecule has 1 atom stereocenters. The third kappa shape index (κ3) is 3.05. The summed E-state index contributed by atoms with van der Waals surface area (Å²) in [5.74, 6) is -1.13. The number of phenolic OH excluding ortho intramolecular Hbond substituents is 1. The van der Waals surface area contributed by atoms with Crippen LogP contribution in [0.25, 0.3) is 0 Å². The molecule has 2 N–H and O–H groups in total. The molecule has 1 aromatic rings. The van der Waals surface area contributed by atoms with Crippen LogP contribution in [-0.4, -0.2) is 39.6 Å². The van der Waals surface area contributed by atoms with E-state index in [4.69, 9.17) is 5.11 Å². The number of aliphatic carboxylic acids is 1. The van der Waals surface area contributed by atoms with Crippen LogP contribution in [0, 0.1) is 0 Å². The highest BCUT2D eigenvalue weighted by Gasteiger charge is 2.31. The lowest BCUT2D eigenvalue weighted by Gasteiger charge is -2.33. The first-order valence-corrected chi connectivity index (χ1v) is 6.38. The van der Waals surface area contributed by atoms with E-state index < -0.39 is 12.0 Å². The number of amides is 1. The van der Waals surface area contributed by atoms with Crippen molar-refractivity contribution in [3.05, 3.63) is 29.8 Å². The molecule has 0 aliphatic carbocycles. The molecule has 102 valence electrons. The maximum Gasteiger partial charge on any atom is 0.326 e. The fraction of sp³-hybridized carbons (Fsp3) is 0.429. The van der Waals surface area contributed by atoms with E-state index in [-0.39, 0.29) is 18.1 Å². The number of likely N-dealkylation sites (tertiary alicyclic amines) is 1. The first-order valence-electron chi connectivity index (χ1n) is 6.38. The van der Waals surface area contributed by atoms with Crippen molar-refractivity contribution in [2.24, 2.45) is 0 Å². The monoisotopic (exact) mass is 263 g/mol. The van der Waals surface area contributed by atoms with Gasteiger partial charge in [-0.2, -0.15) is 0 Å². The molecule has 0 unspecified atom stereocenters. The van der Waals surface area contributed by atoms with Gasteiger partial charge in [0.15, 0.2) is 0 Å². The molecule has 19 heavy (non-hydrogen) atoms. The summed E-state index contributed by atoms with van der Waals surface area (Å²) in [5.41, 5.74) is 0.530. The summed E-state index contributed by atoms with van der Waals surface area (Å²) in [6.07, 6.45) is 2.20. The summed E-state index contributed by atoms with van der Waals surface area (Å²) < 4.78 is 0. The minimum Gasteiger partial charge on any atom is -0.508 e. The number of carbonyl (C=O) groups excluding carboxylic acids is 1. The average molecular weight is 263 g/mol. The maximum absolute atomic E-state index is 12.2. The third-order valence-corrected chi connectivity index (χ3v) is 3.44. The molecule has 1 aromatic carbocycles. The predicted octanol–water partition coefficient (Wildman–Crippen LogP) is 1.40. The molecule has 1 saturated heterocycles. The van der Waals surface area contributed by atoms with Crippen LogP contribution >= 0.6 is 0 Å². The number of phenols is 1. The molecule has 5 nitrogen and oxygen atoms in total. The topological polar surface area (TPSA) is 77.8 Å². The number of hydrogen-bond donors (Lipinski definition) is 2. The quantitative estimate of drug-likeness (QED) is 0.864. The normalized spacial score (nSPS) is 19.2. The summed E-state index contributed by atoms with van der Waals surface area (Å²) >= 11 is 0. The van der Waals surface area contributed by atoms with Gasteiger partial charge in [-0.3, -0.25) is 4.79 Å². The second-order valence-corrected chi connectivity index (χ2v) is 4.74. The zero-order chi connectivity index (χ0) is 13.8. The van der Waals surface area contributed by atoms with E-state index in [9.17, 15) is 14.7 Å². The molecule has 1 heterocycles. The van der Waals surface area contributed by atoms with Crippen LogP contribution in [0.15, 0.2) is 24.3 Å². The molecule has 0 saturated carbocycles. The van der Waals surface area contributed by atoms with Crippen molar-refractivity contribution in [3.63, 3.8) is 0 Å². The first-order chi connectivity index (χ1) is 9.09. The lowest BCUT2D eigenvalue weighted by atomic mass is 10.0. The molecule has 0 radical (unpaired) electrons. The Bertz CT molecular complexity index is 486. The Balaban J connectivity index is 2.10. The number of hydrogen-bond acceptors (Lipinski definition) is 3. The van der Waals surface area contributed by atoms with E-state index in [2.05, 4.69) is 0 Å². The van der Waals surface area contributed by atoms with E-state index in [0.29, 0.717) is 18.5 Å². The van der Waals surface area contributed by atoms with E-state index in [0.717, 1.165) is 12.8 Å². The summed E-state index contributed by atoms with van der Waals surface area (Å²) in [6.45, 7) is 0.476. The van der Waals surface area contributed by atoms with E-state index in [1.54, 1.807) is 18.2 Å². The number of benzene rings is 1. The van der Waals surface area contributed by atoms with Gasteiger partial charge in [-0.25, -0.2) is 4.79 Å². The van der Waals surface area contributed by atoms with Crippen LogP contribution in [0.3, 0.4) is 0 Å². The van der Waals surface area contributed by atoms with Gasteiger partial charge in [0.25, 0.3) is 0 Å². The largest absolute Gasteiger partial charge is 0.508 e. The summed E-state index contributed by atoms with van der Waals surface area (Å²) in [5, 5.41) is 18.8. The number of rotatable bonds is 3. The lowest BCUT2D eigenvalue weighted by molar-refractivity contribution is -0.151. The van der Waals surface area contributed by atoms with Gasteiger partial charge in [0.1, 0.15) is 11.8 Å². The minimum absolute atomic E-state index is 0.0381. The number of carboxylic acid groups (broad SMARTS) is 1. The molecule has 1 amide bonds. The summed E-state index contributed by atoms with van der Waals surface area (Å²) in [4.78, 5) is 24.7. The molecule has 0 spiro atoms. The number of para-hydroxylation sites is 1. The number of piperidine rings is 1. The van der Waals surface area contributed by atoms with E-state index in [1.807, 2.05) is 0 Å². The van der Waals surface area contributed by atoms with Crippen LogP contribution < -0.4 is 0 Å². The van der Waals surface area contributed by atoms with Crippen molar-refractivity contribution >= 4 is 11.9 Å². The lowest BCUT2D eigenvalue weighted by Crippen LogP contribution is -2.48. The third-order valence-electron chi connectivity index (χ3n) is 3.44. The Morgan fingerprint density at radius 3 is 2.68 bits per heavy atom. The van der Waals surface area contributed by atoms with E-state index >= 15 is 0 Å². The second-order valence-electron chi connectivity index (χ2n) is 4.74. The van der Waals surface area contributed by atoms with Crippen molar-refractivity contribution in [1.29, 1.82) is 0 Å². The van der Waals surface area contributed by atoms with Gasteiger partial charge in [0.05, 0.1) is 6.42 Å². The van der Waals surface area contributed by atoms with Gasteiger partial charge >= 0.3 is 5.97 Å². The molecular weight excluding hydrogens is 246 g/mol. The van der Waals surface area contributed by atoms with Crippen LogP contribution in [0.4, 0.5) is 0 Å². The number of carboxylic acids is 1. The van der Waals surface area contributed by atoms with E-state index in [1.165, 1.54) is 11.0 Å². The Kier molecular flexibility index (Phi) is 4.04. The fourth-order valence-electron chi connectivity index (χ4n) is 2.41. The zero-order valence-electron chi connectivity index (χ0n) is 10.6. The van der Waals surface area contributed by atoms with Gasteiger partial charge in [-0.05, 0) is 25.3 Å². The Hall–Kier alpha value is -2.04. The van der Waals surface area contributed by atoms with Gasteiger partial charge in [0, 0.05) is 12.1 Å². The SMILES string of the molecule is O=C(O)[C@@H]1CCCCN1C(=O)Cc1ccccc1O. The van der Waals surface area contributed by atoms with Gasteiger partial charge in [-0.1, -0.05) is 18.2 Å². The number of carbonyl (C=O) groups is 2. The van der Waals surface area contributed by atoms with Gasteiger partial charge in [-0.15, -0.1) is 0 Å². The van der Waals surface area contributed by atoms with Crippen LogP contribution in [0.1, 0.15) is 24.8 Å². The molecule has 0 aromatic heterocycles. The molecule has 1 fully saturated rings. The van der Waals surface area contributed by atoms with Crippen molar-refractivity contribution in [3.8, 4) is 5.75 Å². The fourth-order valence-corrected chi connectivity index (χ4v) is 2.41. The second kappa shape index (κ2) is 5.73.